The third-order valence-corrected chi connectivity index (χ3v) is 7.41. The number of nitrogens with zero attached hydrogens (tertiary/aromatic N) is 5. The summed E-state index contributed by atoms with van der Waals surface area (Å²) in [5, 5.41) is 3.95. The number of rotatable bonds is 4. The molecule has 1 atom stereocenters. The number of amides is 2. The molecule has 2 amide bonds. The van der Waals surface area contributed by atoms with E-state index in [0.717, 1.165) is 24.1 Å². The van der Waals surface area contributed by atoms with Crippen LogP contribution in [0, 0.1) is 5.41 Å². The molecule has 2 N–H and O–H groups in total. The van der Waals surface area contributed by atoms with E-state index < -0.39 is 17.6 Å². The molecule has 9 nitrogen and oxygen atoms in total. The highest BCUT2D eigenvalue weighted by molar-refractivity contribution is 5.93. The van der Waals surface area contributed by atoms with Gasteiger partial charge in [0.2, 0.25) is 0 Å². The van der Waals surface area contributed by atoms with E-state index in [1.54, 1.807) is 21.9 Å². The first-order valence-corrected chi connectivity index (χ1v) is 12.0. The first-order valence-electron chi connectivity index (χ1n) is 12.0. The zero-order chi connectivity index (χ0) is 25.5. The number of carbonyl (C=O) groups excluding carboxylic acids is 2. The second-order valence-corrected chi connectivity index (χ2v) is 9.90. The number of likely N-dealkylation sites (tertiary alicyclic amines) is 2. The lowest BCUT2D eigenvalue weighted by Crippen LogP contribution is -2.37. The molecule has 1 unspecified atom stereocenters. The molecule has 3 fully saturated rings. The minimum atomic E-state index is -4.44. The normalized spacial score (nSPS) is 23.1. The molecule has 2 aromatic rings. The van der Waals surface area contributed by atoms with Crippen LogP contribution in [0.25, 0.3) is 0 Å². The highest BCUT2D eigenvalue weighted by Gasteiger charge is 2.45. The largest absolute Gasteiger partial charge is 0.418 e. The molecular weight excluding hydrogens is 477 g/mol. The van der Waals surface area contributed by atoms with Gasteiger partial charge in [-0.1, -0.05) is 6.07 Å². The maximum absolute atomic E-state index is 13.9. The number of halogens is 3. The Kier molecular flexibility index (Phi) is 6.41. The van der Waals surface area contributed by atoms with Gasteiger partial charge in [0.05, 0.1) is 30.5 Å². The summed E-state index contributed by atoms with van der Waals surface area (Å²) in [6.45, 7) is 4.69. The molecule has 1 aromatic heterocycles. The molecular formula is C24H29F3N6O3. The van der Waals surface area contributed by atoms with Crippen molar-refractivity contribution in [1.82, 2.24) is 19.6 Å². The van der Waals surface area contributed by atoms with Crippen LogP contribution in [0.2, 0.25) is 0 Å². The van der Waals surface area contributed by atoms with E-state index in [1.165, 1.54) is 18.5 Å². The van der Waals surface area contributed by atoms with Crippen molar-refractivity contribution in [1.29, 1.82) is 0 Å². The van der Waals surface area contributed by atoms with Crippen molar-refractivity contribution in [2.75, 3.05) is 57.4 Å². The van der Waals surface area contributed by atoms with Gasteiger partial charge < -0.3 is 20.3 Å². The van der Waals surface area contributed by atoms with Crippen LogP contribution in [-0.2, 0) is 17.5 Å². The Morgan fingerprint density at radius 2 is 1.83 bits per heavy atom. The SMILES string of the molecule is NC(=O)c1cnn(C(=O)N2CCC3(CCN(Cc4ccc(N5CCOCC5)c(C(F)(F)F)c4)C3)C2)c1. The summed E-state index contributed by atoms with van der Waals surface area (Å²) in [5.41, 5.74) is 5.53. The zero-order valence-corrected chi connectivity index (χ0v) is 19.8. The van der Waals surface area contributed by atoms with Crippen molar-refractivity contribution in [2.45, 2.75) is 25.6 Å². The smallest absolute Gasteiger partial charge is 0.378 e. The van der Waals surface area contributed by atoms with Crippen LogP contribution in [-0.4, -0.2) is 84.0 Å². The van der Waals surface area contributed by atoms with Crippen molar-refractivity contribution >= 4 is 17.6 Å². The van der Waals surface area contributed by atoms with Gasteiger partial charge in [-0.3, -0.25) is 9.69 Å². The number of carbonyl (C=O) groups is 2. The fourth-order valence-corrected chi connectivity index (χ4v) is 5.54. The molecule has 1 aromatic carbocycles. The van der Waals surface area contributed by atoms with Crippen LogP contribution in [0.5, 0.6) is 0 Å². The Bertz CT molecular complexity index is 1150. The minimum Gasteiger partial charge on any atom is -0.378 e. The fourth-order valence-electron chi connectivity index (χ4n) is 5.54. The molecule has 3 aliphatic heterocycles. The van der Waals surface area contributed by atoms with E-state index in [4.69, 9.17) is 10.5 Å². The molecule has 5 rings (SSSR count). The highest BCUT2D eigenvalue weighted by Crippen LogP contribution is 2.41. The van der Waals surface area contributed by atoms with E-state index in [1.807, 2.05) is 0 Å². The molecule has 0 aliphatic carbocycles. The summed E-state index contributed by atoms with van der Waals surface area (Å²) in [7, 11) is 0. The summed E-state index contributed by atoms with van der Waals surface area (Å²) in [6.07, 6.45) is -0.176. The maximum atomic E-state index is 13.9. The van der Waals surface area contributed by atoms with E-state index in [9.17, 15) is 22.8 Å². The molecule has 0 bridgehead atoms. The van der Waals surface area contributed by atoms with Crippen molar-refractivity contribution in [3.63, 3.8) is 0 Å². The van der Waals surface area contributed by atoms with Gasteiger partial charge in [-0.15, -0.1) is 0 Å². The summed E-state index contributed by atoms with van der Waals surface area (Å²) in [5.74, 6) is -0.648. The van der Waals surface area contributed by atoms with Crippen molar-refractivity contribution < 1.29 is 27.5 Å². The Hall–Kier alpha value is -3.12. The van der Waals surface area contributed by atoms with E-state index in [-0.39, 0.29) is 22.7 Å². The lowest BCUT2D eigenvalue weighted by molar-refractivity contribution is -0.137. The summed E-state index contributed by atoms with van der Waals surface area (Å²) >= 11 is 0. The van der Waals surface area contributed by atoms with Gasteiger partial charge in [0.15, 0.2) is 0 Å². The summed E-state index contributed by atoms with van der Waals surface area (Å²) < 4.78 is 48.1. The number of alkyl halides is 3. The zero-order valence-electron chi connectivity index (χ0n) is 19.8. The maximum Gasteiger partial charge on any atom is 0.418 e. The number of anilines is 1. The van der Waals surface area contributed by atoms with Crippen LogP contribution in [0.4, 0.5) is 23.7 Å². The second kappa shape index (κ2) is 9.40. The topological polar surface area (TPSA) is 96.9 Å². The van der Waals surface area contributed by atoms with E-state index in [0.29, 0.717) is 58.0 Å². The number of hydrogen-bond acceptors (Lipinski definition) is 6. The van der Waals surface area contributed by atoms with Crippen LogP contribution in [0.3, 0.4) is 0 Å². The molecule has 0 saturated carbocycles. The van der Waals surface area contributed by atoms with Gasteiger partial charge in [-0.25, -0.2) is 4.79 Å². The summed E-state index contributed by atoms with van der Waals surface area (Å²) in [6, 6.07) is 4.32. The quantitative estimate of drug-likeness (QED) is 0.684. The number of morpholine rings is 1. The van der Waals surface area contributed by atoms with Crippen molar-refractivity contribution in [3.8, 4) is 0 Å². The van der Waals surface area contributed by atoms with Crippen LogP contribution < -0.4 is 10.6 Å². The average molecular weight is 507 g/mol. The lowest BCUT2D eigenvalue weighted by Gasteiger charge is -2.31. The van der Waals surface area contributed by atoms with Gasteiger partial charge >= 0.3 is 12.2 Å². The van der Waals surface area contributed by atoms with E-state index >= 15 is 0 Å². The number of primary amides is 1. The molecule has 1 spiro atoms. The molecule has 4 heterocycles. The van der Waals surface area contributed by atoms with Crippen molar-refractivity contribution in [2.24, 2.45) is 11.1 Å². The van der Waals surface area contributed by atoms with Gasteiger partial charge in [0, 0.05) is 56.6 Å². The fraction of sp³-hybridized carbons (Fsp3) is 0.542. The molecule has 12 heteroatoms. The highest BCUT2D eigenvalue weighted by atomic mass is 19.4. The molecule has 36 heavy (non-hydrogen) atoms. The van der Waals surface area contributed by atoms with Crippen LogP contribution in [0.15, 0.2) is 30.6 Å². The summed E-state index contributed by atoms with van der Waals surface area (Å²) in [4.78, 5) is 29.7. The van der Waals surface area contributed by atoms with Gasteiger partial charge in [-0.05, 0) is 37.1 Å². The molecule has 3 aliphatic rings. The number of benzene rings is 1. The predicted octanol–water partition coefficient (Wildman–Crippen LogP) is 2.40. The minimum absolute atomic E-state index is 0.101. The predicted molar refractivity (Wildman–Crippen MR) is 125 cm³/mol. The van der Waals surface area contributed by atoms with Crippen molar-refractivity contribution in [3.05, 3.63) is 47.3 Å². The van der Waals surface area contributed by atoms with Gasteiger partial charge in [0.1, 0.15) is 0 Å². The number of aromatic nitrogens is 2. The standard InChI is InChI=1S/C24H29F3N6O3/c25-24(26,27)19-11-17(1-2-20(19)31-7-9-36-10-8-31)13-30-5-3-23(15-30)4-6-32(16-23)22(35)33-14-18(12-29-33)21(28)34/h1-2,11-12,14H,3-10,13,15-16H2,(H2,28,34). The van der Waals surface area contributed by atoms with Crippen LogP contribution in [0.1, 0.15) is 34.3 Å². The third-order valence-electron chi connectivity index (χ3n) is 7.41. The Morgan fingerprint density at radius 3 is 2.53 bits per heavy atom. The van der Waals surface area contributed by atoms with Crippen LogP contribution >= 0.6 is 0 Å². The van der Waals surface area contributed by atoms with Gasteiger partial charge in [-0.2, -0.15) is 23.0 Å². The number of hydrogen-bond donors (Lipinski definition) is 1. The molecule has 0 radical (unpaired) electrons. The Labute approximate surface area is 206 Å². The second-order valence-electron chi connectivity index (χ2n) is 9.90. The van der Waals surface area contributed by atoms with Gasteiger partial charge in [0.25, 0.3) is 5.91 Å². The Morgan fingerprint density at radius 1 is 1.08 bits per heavy atom. The average Bonchev–Trinajstić information content (AvgIpc) is 3.59. The first kappa shape index (κ1) is 24.6. The molecule has 3 saturated heterocycles. The lowest BCUT2D eigenvalue weighted by atomic mass is 9.86. The van der Waals surface area contributed by atoms with E-state index in [2.05, 4.69) is 10.00 Å². The monoisotopic (exact) mass is 506 g/mol. The first-order chi connectivity index (χ1) is 17.1. The molecule has 194 valence electrons. The third kappa shape index (κ3) is 4.92. The number of nitrogens with two attached hydrogens (primary N) is 1. The number of ether oxygens (including phenoxy) is 1. The Balaban J connectivity index is 1.24.